The number of carbonyl (C=O) groups is 1. The van der Waals surface area contributed by atoms with E-state index in [0.29, 0.717) is 6.54 Å². The predicted octanol–water partition coefficient (Wildman–Crippen LogP) is 2.72. The SMILES string of the molecule is CC(=O)NCC(=Cc1ccc2cnn(C)c2c1)B1OC(C)(C)C(C)(C)O1. The summed E-state index contributed by atoms with van der Waals surface area (Å²) in [5.41, 5.74) is 2.07. The van der Waals surface area contributed by atoms with Gasteiger partial charge in [-0.1, -0.05) is 18.2 Å². The van der Waals surface area contributed by atoms with Crippen LogP contribution in [-0.4, -0.2) is 40.6 Å². The first-order valence-corrected chi connectivity index (χ1v) is 8.81. The fourth-order valence-electron chi connectivity index (χ4n) is 2.89. The number of aryl methyl sites for hydroxylation is 1. The lowest BCUT2D eigenvalue weighted by atomic mass is 9.77. The van der Waals surface area contributed by atoms with Gasteiger partial charge in [0.1, 0.15) is 0 Å². The number of nitrogens with zero attached hydrogens (tertiary/aromatic N) is 2. The number of rotatable bonds is 4. The second kappa shape index (κ2) is 6.56. The van der Waals surface area contributed by atoms with Gasteiger partial charge in [0.25, 0.3) is 0 Å². The predicted molar refractivity (Wildman–Crippen MR) is 103 cm³/mol. The first-order valence-electron chi connectivity index (χ1n) is 8.81. The molecule has 6 nitrogen and oxygen atoms in total. The Kier molecular flexibility index (Phi) is 4.71. The van der Waals surface area contributed by atoms with Gasteiger partial charge in [0.2, 0.25) is 5.91 Å². The zero-order valence-corrected chi connectivity index (χ0v) is 16.3. The molecule has 1 fully saturated rings. The third-order valence-corrected chi connectivity index (χ3v) is 5.22. The van der Waals surface area contributed by atoms with Crippen LogP contribution in [0.25, 0.3) is 17.0 Å². The van der Waals surface area contributed by atoms with Crippen molar-refractivity contribution in [3.63, 3.8) is 0 Å². The largest absolute Gasteiger partial charge is 0.492 e. The molecule has 2 heterocycles. The highest BCUT2D eigenvalue weighted by molar-refractivity contribution is 6.56. The molecule has 1 aromatic carbocycles. The summed E-state index contributed by atoms with van der Waals surface area (Å²) < 4.78 is 14.2. The molecular weight excluding hydrogens is 329 g/mol. The molecule has 1 aromatic heterocycles. The van der Waals surface area contributed by atoms with Crippen molar-refractivity contribution in [3.05, 3.63) is 35.4 Å². The van der Waals surface area contributed by atoms with Crippen LogP contribution >= 0.6 is 0 Å². The van der Waals surface area contributed by atoms with Crippen molar-refractivity contribution in [1.29, 1.82) is 0 Å². The van der Waals surface area contributed by atoms with Crippen molar-refractivity contribution in [3.8, 4) is 0 Å². The van der Waals surface area contributed by atoms with Crippen LogP contribution in [0.15, 0.2) is 29.9 Å². The van der Waals surface area contributed by atoms with Gasteiger partial charge in [0, 0.05) is 25.9 Å². The van der Waals surface area contributed by atoms with Crippen molar-refractivity contribution in [2.24, 2.45) is 7.05 Å². The van der Waals surface area contributed by atoms with E-state index in [1.807, 2.05) is 63.8 Å². The number of fused-ring (bicyclic) bond motifs is 1. The van der Waals surface area contributed by atoms with Crippen LogP contribution < -0.4 is 5.32 Å². The molecule has 138 valence electrons. The summed E-state index contributed by atoms with van der Waals surface area (Å²) in [5, 5.41) is 8.22. The van der Waals surface area contributed by atoms with Gasteiger partial charge in [-0.15, -0.1) is 0 Å². The van der Waals surface area contributed by atoms with Gasteiger partial charge in [-0.3, -0.25) is 9.48 Å². The maximum atomic E-state index is 11.4. The molecule has 0 saturated carbocycles. The molecule has 1 aliphatic rings. The third kappa shape index (κ3) is 3.55. The number of hydrogen-bond acceptors (Lipinski definition) is 4. The van der Waals surface area contributed by atoms with Gasteiger partial charge in [0.15, 0.2) is 0 Å². The molecule has 0 unspecified atom stereocenters. The zero-order chi connectivity index (χ0) is 19.1. The van der Waals surface area contributed by atoms with E-state index in [1.165, 1.54) is 6.92 Å². The lowest BCUT2D eigenvalue weighted by Crippen LogP contribution is -2.41. The standard InChI is InChI=1S/C19H26BN3O3/c1-13(24)21-12-16(20-25-18(2,3)19(4,5)26-20)9-14-7-8-15-11-22-23(6)17(15)10-14/h7-11H,12H2,1-6H3,(H,21,24). The first-order chi connectivity index (χ1) is 12.1. The maximum Gasteiger partial charge on any atom is 0.492 e. The summed E-state index contributed by atoms with van der Waals surface area (Å²) in [6, 6.07) is 6.14. The molecule has 3 rings (SSSR count). The van der Waals surface area contributed by atoms with Crippen molar-refractivity contribution >= 4 is 30.0 Å². The molecule has 1 aliphatic heterocycles. The van der Waals surface area contributed by atoms with E-state index in [2.05, 4.69) is 16.5 Å². The second-order valence-electron chi connectivity index (χ2n) is 7.80. The van der Waals surface area contributed by atoms with E-state index in [4.69, 9.17) is 9.31 Å². The molecule has 0 radical (unpaired) electrons. The van der Waals surface area contributed by atoms with Crippen LogP contribution in [0.2, 0.25) is 0 Å². The number of carbonyl (C=O) groups excluding carboxylic acids is 1. The summed E-state index contributed by atoms with van der Waals surface area (Å²) in [7, 11) is 1.41. The van der Waals surface area contributed by atoms with Crippen molar-refractivity contribution < 1.29 is 14.1 Å². The smallest absolute Gasteiger partial charge is 0.400 e. The van der Waals surface area contributed by atoms with Gasteiger partial charge in [0.05, 0.1) is 22.9 Å². The van der Waals surface area contributed by atoms with E-state index < -0.39 is 18.3 Å². The Morgan fingerprint density at radius 3 is 2.54 bits per heavy atom. The molecule has 26 heavy (non-hydrogen) atoms. The Bertz CT molecular complexity index is 854. The molecule has 2 aromatic rings. The third-order valence-electron chi connectivity index (χ3n) is 5.22. The molecule has 0 spiro atoms. The minimum absolute atomic E-state index is 0.0884. The average molecular weight is 355 g/mol. The molecule has 0 aliphatic carbocycles. The van der Waals surface area contributed by atoms with Crippen LogP contribution in [0.5, 0.6) is 0 Å². The zero-order valence-electron chi connectivity index (χ0n) is 16.3. The molecule has 7 heteroatoms. The fourth-order valence-corrected chi connectivity index (χ4v) is 2.89. The van der Waals surface area contributed by atoms with Gasteiger partial charge >= 0.3 is 7.12 Å². The second-order valence-corrected chi connectivity index (χ2v) is 7.80. The summed E-state index contributed by atoms with van der Waals surface area (Å²) in [4.78, 5) is 11.4. The lowest BCUT2D eigenvalue weighted by Gasteiger charge is -2.32. The molecule has 0 atom stereocenters. The van der Waals surface area contributed by atoms with E-state index in [1.54, 1.807) is 0 Å². The van der Waals surface area contributed by atoms with Crippen molar-refractivity contribution in [2.75, 3.05) is 6.54 Å². The number of benzene rings is 1. The van der Waals surface area contributed by atoms with Crippen LogP contribution in [0.4, 0.5) is 0 Å². The fraction of sp³-hybridized carbons (Fsp3) is 0.474. The Morgan fingerprint density at radius 1 is 1.27 bits per heavy atom. The lowest BCUT2D eigenvalue weighted by molar-refractivity contribution is -0.118. The Hall–Kier alpha value is -2.12. The maximum absolute atomic E-state index is 11.4. The minimum atomic E-state index is -0.505. The summed E-state index contributed by atoms with van der Waals surface area (Å²) in [5.74, 6) is -0.0884. The molecule has 0 bridgehead atoms. The Morgan fingerprint density at radius 2 is 1.92 bits per heavy atom. The highest BCUT2D eigenvalue weighted by atomic mass is 16.7. The highest BCUT2D eigenvalue weighted by Crippen LogP contribution is 2.38. The first kappa shape index (κ1) is 18.7. The van der Waals surface area contributed by atoms with Gasteiger partial charge in [-0.05, 0) is 44.8 Å². The van der Waals surface area contributed by atoms with Crippen LogP contribution in [0, 0.1) is 0 Å². The normalized spacial score (nSPS) is 19.2. The van der Waals surface area contributed by atoms with Gasteiger partial charge < -0.3 is 14.6 Å². The number of amides is 1. The van der Waals surface area contributed by atoms with Gasteiger partial charge in [-0.2, -0.15) is 5.10 Å². The van der Waals surface area contributed by atoms with Gasteiger partial charge in [-0.25, -0.2) is 0 Å². The highest BCUT2D eigenvalue weighted by Gasteiger charge is 2.52. The Labute approximate surface area is 154 Å². The van der Waals surface area contributed by atoms with E-state index in [-0.39, 0.29) is 5.91 Å². The van der Waals surface area contributed by atoms with Crippen LogP contribution in [0.3, 0.4) is 0 Å². The topological polar surface area (TPSA) is 65.4 Å². The van der Waals surface area contributed by atoms with E-state index in [0.717, 1.165) is 21.9 Å². The van der Waals surface area contributed by atoms with Crippen molar-refractivity contribution in [2.45, 2.75) is 45.8 Å². The van der Waals surface area contributed by atoms with Crippen LogP contribution in [-0.2, 0) is 21.2 Å². The van der Waals surface area contributed by atoms with Crippen LogP contribution in [0.1, 0.15) is 40.2 Å². The Balaban J connectivity index is 1.95. The minimum Gasteiger partial charge on any atom is -0.400 e. The van der Waals surface area contributed by atoms with E-state index >= 15 is 0 Å². The summed E-state index contributed by atoms with van der Waals surface area (Å²) in [6.45, 7) is 9.95. The number of hydrogen-bond donors (Lipinski definition) is 1. The molecule has 1 saturated heterocycles. The number of aromatic nitrogens is 2. The van der Waals surface area contributed by atoms with Crippen molar-refractivity contribution in [1.82, 2.24) is 15.1 Å². The molecular formula is C19H26BN3O3. The monoisotopic (exact) mass is 355 g/mol. The average Bonchev–Trinajstić information content (AvgIpc) is 3.00. The number of nitrogens with one attached hydrogen (secondary N) is 1. The quantitative estimate of drug-likeness (QED) is 0.857. The van der Waals surface area contributed by atoms with E-state index in [9.17, 15) is 4.79 Å². The molecule has 1 N–H and O–H groups in total. The summed E-state index contributed by atoms with van der Waals surface area (Å²) >= 11 is 0. The molecule has 1 amide bonds. The summed E-state index contributed by atoms with van der Waals surface area (Å²) in [6.07, 6.45) is 3.86.